The van der Waals surface area contributed by atoms with Crippen molar-refractivity contribution < 1.29 is 18.9 Å². The molecule has 4 aromatic rings. The van der Waals surface area contributed by atoms with Gasteiger partial charge in [-0.2, -0.15) is 0 Å². The number of hydrogen-bond donors (Lipinski definition) is 0. The summed E-state index contributed by atoms with van der Waals surface area (Å²) in [4.78, 5) is 9.33. The highest BCUT2D eigenvalue weighted by atomic mass is 32.1. The minimum absolute atomic E-state index is 0.447. The van der Waals surface area contributed by atoms with Crippen LogP contribution in [0.4, 0.5) is 10.8 Å². The third-order valence-electron chi connectivity index (χ3n) is 6.14. The van der Waals surface area contributed by atoms with Gasteiger partial charge in [-0.1, -0.05) is 36.4 Å². The number of thiazole rings is 1. The van der Waals surface area contributed by atoms with Crippen molar-refractivity contribution >= 4 is 22.2 Å². The van der Waals surface area contributed by atoms with E-state index in [1.807, 2.05) is 36.4 Å². The quantitative estimate of drug-likeness (QED) is 0.165. The number of rotatable bonds is 15. The lowest BCUT2D eigenvalue weighted by molar-refractivity contribution is 0.0330. The molecule has 0 amide bonds. The van der Waals surface area contributed by atoms with Crippen LogP contribution in [0, 0.1) is 0 Å². The van der Waals surface area contributed by atoms with Gasteiger partial charge >= 0.3 is 0 Å². The second-order valence-corrected chi connectivity index (χ2v) is 10.2. The Balaban J connectivity index is 1.35. The largest absolute Gasteiger partial charge is 0.497 e. The lowest BCUT2D eigenvalue weighted by Crippen LogP contribution is -2.22. The summed E-state index contributed by atoms with van der Waals surface area (Å²) in [5, 5.41) is 3.03. The van der Waals surface area contributed by atoms with Crippen molar-refractivity contribution in [1.82, 2.24) is 4.98 Å². The summed E-state index contributed by atoms with van der Waals surface area (Å²) in [6, 6.07) is 24.7. The minimum Gasteiger partial charge on any atom is -0.497 e. The molecule has 0 atom stereocenters. The molecule has 0 saturated carbocycles. The molecule has 0 aliphatic carbocycles. The Labute approximate surface area is 235 Å². The zero-order chi connectivity index (χ0) is 27.5. The standard InChI is InChI=1S/C31H37N3O4S/c1-33(2)28-11-5-8-24(16-28)19-34(20-25-9-6-12-29(17-25)35-3)31-32-27(23-39-31)22-38-15-14-37-21-26-10-7-13-30(18-26)36-4/h5-13,16-18,23H,14-15,19-22H2,1-4H3. The Hall–Kier alpha value is -3.59. The maximum atomic E-state index is 5.86. The van der Waals surface area contributed by atoms with Crippen LogP contribution in [0.25, 0.3) is 0 Å². The molecule has 206 valence electrons. The molecule has 3 aromatic carbocycles. The molecule has 39 heavy (non-hydrogen) atoms. The van der Waals surface area contributed by atoms with Gasteiger partial charge in [0, 0.05) is 38.3 Å². The number of methoxy groups -OCH3 is 2. The monoisotopic (exact) mass is 547 g/mol. The summed E-state index contributed by atoms with van der Waals surface area (Å²) in [5.74, 6) is 1.68. The molecule has 4 rings (SSSR count). The molecule has 0 aliphatic heterocycles. The molecular weight excluding hydrogens is 510 g/mol. The van der Waals surface area contributed by atoms with Crippen molar-refractivity contribution in [3.05, 3.63) is 101 Å². The Morgan fingerprint density at radius 2 is 1.31 bits per heavy atom. The highest BCUT2D eigenvalue weighted by Gasteiger charge is 2.14. The van der Waals surface area contributed by atoms with Crippen molar-refractivity contribution in [2.75, 3.05) is 51.3 Å². The Kier molecular flexibility index (Phi) is 10.6. The van der Waals surface area contributed by atoms with E-state index in [0.29, 0.717) is 26.4 Å². The van der Waals surface area contributed by atoms with Gasteiger partial charge in [0.05, 0.1) is 46.3 Å². The zero-order valence-corrected chi connectivity index (χ0v) is 23.9. The number of ether oxygens (including phenoxy) is 4. The zero-order valence-electron chi connectivity index (χ0n) is 23.1. The van der Waals surface area contributed by atoms with E-state index in [0.717, 1.165) is 41.0 Å². The highest BCUT2D eigenvalue weighted by molar-refractivity contribution is 7.13. The van der Waals surface area contributed by atoms with Crippen molar-refractivity contribution in [1.29, 1.82) is 0 Å². The van der Waals surface area contributed by atoms with Gasteiger partial charge in [-0.05, 0) is 53.1 Å². The number of hydrogen-bond acceptors (Lipinski definition) is 8. The second-order valence-electron chi connectivity index (χ2n) is 9.35. The van der Waals surface area contributed by atoms with E-state index < -0.39 is 0 Å². The Bertz CT molecular complexity index is 1310. The summed E-state index contributed by atoms with van der Waals surface area (Å²) in [5.41, 5.74) is 5.56. The summed E-state index contributed by atoms with van der Waals surface area (Å²) < 4.78 is 22.3. The molecule has 0 unspecified atom stereocenters. The molecule has 0 bridgehead atoms. The summed E-state index contributed by atoms with van der Waals surface area (Å²) in [6.07, 6.45) is 0. The molecule has 0 N–H and O–H groups in total. The van der Waals surface area contributed by atoms with Gasteiger partial charge in [0.15, 0.2) is 5.13 Å². The van der Waals surface area contributed by atoms with Crippen molar-refractivity contribution in [3.8, 4) is 11.5 Å². The van der Waals surface area contributed by atoms with Crippen LogP contribution in [0.1, 0.15) is 22.4 Å². The van der Waals surface area contributed by atoms with Gasteiger partial charge in [0.1, 0.15) is 11.5 Å². The average Bonchev–Trinajstić information content (AvgIpc) is 3.44. The maximum Gasteiger partial charge on any atom is 0.186 e. The normalized spacial score (nSPS) is 10.9. The van der Waals surface area contributed by atoms with E-state index in [1.165, 1.54) is 16.8 Å². The van der Waals surface area contributed by atoms with Crippen LogP contribution in [0.3, 0.4) is 0 Å². The maximum absolute atomic E-state index is 5.86. The first-order chi connectivity index (χ1) is 19.0. The lowest BCUT2D eigenvalue weighted by Gasteiger charge is -2.23. The average molecular weight is 548 g/mol. The van der Waals surface area contributed by atoms with E-state index >= 15 is 0 Å². The van der Waals surface area contributed by atoms with Gasteiger partial charge < -0.3 is 28.7 Å². The van der Waals surface area contributed by atoms with Gasteiger partial charge in [-0.3, -0.25) is 0 Å². The van der Waals surface area contributed by atoms with Crippen LogP contribution < -0.4 is 19.3 Å². The van der Waals surface area contributed by atoms with E-state index in [4.69, 9.17) is 23.9 Å². The minimum atomic E-state index is 0.447. The molecule has 0 saturated heterocycles. The van der Waals surface area contributed by atoms with Gasteiger partial charge in [-0.15, -0.1) is 11.3 Å². The van der Waals surface area contributed by atoms with Gasteiger partial charge in [-0.25, -0.2) is 4.98 Å². The van der Waals surface area contributed by atoms with Crippen molar-refractivity contribution in [2.45, 2.75) is 26.3 Å². The van der Waals surface area contributed by atoms with Crippen LogP contribution in [-0.4, -0.2) is 46.5 Å². The SMILES string of the molecule is COc1cccc(COCCOCc2csc(N(Cc3cccc(OC)c3)Cc3cccc(N(C)C)c3)n2)c1. The fourth-order valence-electron chi connectivity index (χ4n) is 4.09. The van der Waals surface area contributed by atoms with Crippen LogP contribution in [-0.2, 0) is 35.8 Å². The fourth-order valence-corrected chi connectivity index (χ4v) is 4.90. The number of anilines is 2. The van der Waals surface area contributed by atoms with E-state index in [2.05, 4.69) is 65.7 Å². The van der Waals surface area contributed by atoms with Gasteiger partial charge in [0.2, 0.25) is 0 Å². The molecule has 1 aromatic heterocycles. The fraction of sp³-hybridized carbons (Fsp3) is 0.323. The Morgan fingerprint density at radius 1 is 0.718 bits per heavy atom. The van der Waals surface area contributed by atoms with Crippen LogP contribution >= 0.6 is 11.3 Å². The smallest absolute Gasteiger partial charge is 0.186 e. The molecule has 0 spiro atoms. The first-order valence-electron chi connectivity index (χ1n) is 12.9. The first-order valence-corrected chi connectivity index (χ1v) is 13.8. The van der Waals surface area contributed by atoms with E-state index in [1.54, 1.807) is 25.6 Å². The predicted molar refractivity (Wildman–Crippen MR) is 158 cm³/mol. The van der Waals surface area contributed by atoms with Crippen LogP contribution in [0.15, 0.2) is 78.2 Å². The van der Waals surface area contributed by atoms with E-state index in [-0.39, 0.29) is 0 Å². The third kappa shape index (κ3) is 8.71. The number of aromatic nitrogens is 1. The Morgan fingerprint density at radius 3 is 1.97 bits per heavy atom. The molecule has 0 radical (unpaired) electrons. The van der Waals surface area contributed by atoms with Gasteiger partial charge in [0.25, 0.3) is 0 Å². The molecular formula is C31H37N3O4S. The molecule has 0 aliphatic rings. The number of nitrogens with zero attached hydrogens (tertiary/aromatic N) is 3. The molecule has 1 heterocycles. The van der Waals surface area contributed by atoms with Crippen LogP contribution in [0.2, 0.25) is 0 Å². The molecule has 7 nitrogen and oxygen atoms in total. The molecule has 8 heteroatoms. The lowest BCUT2D eigenvalue weighted by atomic mass is 10.1. The van der Waals surface area contributed by atoms with Crippen LogP contribution in [0.5, 0.6) is 11.5 Å². The summed E-state index contributed by atoms with van der Waals surface area (Å²) in [6.45, 7) is 3.44. The topological polar surface area (TPSA) is 56.3 Å². The van der Waals surface area contributed by atoms with Crippen molar-refractivity contribution in [3.63, 3.8) is 0 Å². The molecule has 0 fully saturated rings. The predicted octanol–water partition coefficient (Wildman–Crippen LogP) is 6.17. The van der Waals surface area contributed by atoms with Crippen molar-refractivity contribution in [2.24, 2.45) is 0 Å². The van der Waals surface area contributed by atoms with E-state index in [9.17, 15) is 0 Å². The summed E-state index contributed by atoms with van der Waals surface area (Å²) >= 11 is 1.64. The second kappa shape index (κ2) is 14.5. The summed E-state index contributed by atoms with van der Waals surface area (Å²) in [7, 11) is 7.48. The first kappa shape index (κ1) is 28.4. The third-order valence-corrected chi connectivity index (χ3v) is 7.09. The number of benzene rings is 3. The highest BCUT2D eigenvalue weighted by Crippen LogP contribution is 2.27.